The van der Waals surface area contributed by atoms with Gasteiger partial charge in [0.05, 0.1) is 5.39 Å². The molecule has 0 unspecified atom stereocenters. The third-order valence-corrected chi connectivity index (χ3v) is 5.67. The molecule has 0 saturated carbocycles. The van der Waals surface area contributed by atoms with Crippen LogP contribution in [0.2, 0.25) is 0 Å². The Morgan fingerprint density at radius 2 is 1.84 bits per heavy atom. The van der Waals surface area contributed by atoms with Gasteiger partial charge >= 0.3 is 0 Å². The highest BCUT2D eigenvalue weighted by atomic mass is 32.1. The highest BCUT2D eigenvalue weighted by Crippen LogP contribution is 2.34. The van der Waals surface area contributed by atoms with E-state index >= 15 is 0 Å². The molecule has 1 aliphatic carbocycles. The van der Waals surface area contributed by atoms with Gasteiger partial charge in [-0.15, -0.1) is 11.3 Å². The fourth-order valence-electron chi connectivity index (χ4n) is 3.48. The molecule has 2 aromatic heterocycles. The molecule has 0 saturated heterocycles. The van der Waals surface area contributed by atoms with E-state index in [1.54, 1.807) is 0 Å². The molecule has 100 valence electrons. The second-order valence-corrected chi connectivity index (χ2v) is 6.81. The number of rotatable bonds is 0. The maximum Gasteiger partial charge on any atom is 0.136 e. The van der Waals surface area contributed by atoms with E-state index in [-0.39, 0.29) is 0 Å². The van der Waals surface area contributed by atoms with Gasteiger partial charge in [0.2, 0.25) is 0 Å². The van der Waals surface area contributed by atoms with Crippen molar-refractivity contribution in [2.75, 3.05) is 0 Å². The first-order chi connectivity index (χ1) is 9.34. The lowest BCUT2D eigenvalue weighted by Crippen LogP contribution is -2.25. The molecule has 2 aromatic rings. The van der Waals surface area contributed by atoms with E-state index in [9.17, 15) is 0 Å². The lowest BCUT2D eigenvalue weighted by molar-refractivity contribution is 0.602. The maximum absolute atomic E-state index is 8.60. The van der Waals surface area contributed by atoms with Gasteiger partial charge in [-0.3, -0.25) is 5.41 Å². The minimum absolute atomic E-state index is 0.737. The van der Waals surface area contributed by atoms with Gasteiger partial charge in [-0.25, -0.2) is 4.98 Å². The summed E-state index contributed by atoms with van der Waals surface area (Å²) in [5, 5.41) is 9.77. The highest BCUT2D eigenvalue weighted by molar-refractivity contribution is 7.18. The summed E-state index contributed by atoms with van der Waals surface area (Å²) in [5.74, 6) is 1.15. The molecule has 4 rings (SSSR count). The van der Waals surface area contributed by atoms with Gasteiger partial charge < -0.3 is 4.57 Å². The molecule has 1 N–H and O–H groups in total. The summed E-state index contributed by atoms with van der Waals surface area (Å²) in [6.07, 6.45) is 9.68. The molecule has 4 heteroatoms. The van der Waals surface area contributed by atoms with E-state index in [0.717, 1.165) is 35.5 Å². The smallest absolute Gasteiger partial charge is 0.136 e. The van der Waals surface area contributed by atoms with Crippen molar-refractivity contribution in [3.8, 4) is 0 Å². The Kier molecular flexibility index (Phi) is 2.72. The zero-order valence-electron chi connectivity index (χ0n) is 11.2. The Morgan fingerprint density at radius 3 is 2.79 bits per heavy atom. The largest absolute Gasteiger partial charge is 0.314 e. The predicted molar refractivity (Wildman–Crippen MR) is 77.7 cm³/mol. The summed E-state index contributed by atoms with van der Waals surface area (Å²) >= 11 is 1.85. The lowest BCUT2D eigenvalue weighted by Gasteiger charge is -2.12. The minimum atomic E-state index is 0.737. The van der Waals surface area contributed by atoms with Crippen LogP contribution in [0.1, 0.15) is 48.4 Å². The fraction of sp³-hybridized carbons (Fsp3) is 0.600. The topological polar surface area (TPSA) is 41.7 Å². The van der Waals surface area contributed by atoms with Crippen LogP contribution in [0.5, 0.6) is 0 Å². The molecule has 0 aromatic carbocycles. The fourth-order valence-corrected chi connectivity index (χ4v) is 4.76. The van der Waals surface area contributed by atoms with Crippen LogP contribution in [-0.2, 0) is 25.8 Å². The van der Waals surface area contributed by atoms with Crippen LogP contribution in [-0.4, -0.2) is 9.55 Å². The Hall–Kier alpha value is -1.16. The summed E-state index contributed by atoms with van der Waals surface area (Å²) in [4.78, 5) is 7.54. The molecule has 0 amide bonds. The molecule has 2 aliphatic rings. The van der Waals surface area contributed by atoms with Crippen molar-refractivity contribution in [3.63, 3.8) is 0 Å². The Bertz CT molecular complexity index is 695. The highest BCUT2D eigenvalue weighted by Gasteiger charge is 2.21. The first-order valence-corrected chi connectivity index (χ1v) is 8.25. The second kappa shape index (κ2) is 4.44. The average molecular weight is 273 g/mol. The van der Waals surface area contributed by atoms with Gasteiger partial charge in [0.25, 0.3) is 0 Å². The van der Waals surface area contributed by atoms with Crippen LogP contribution in [0.15, 0.2) is 0 Å². The van der Waals surface area contributed by atoms with Gasteiger partial charge in [-0.05, 0) is 44.1 Å². The molecule has 3 heterocycles. The number of fused-ring (bicyclic) bond motifs is 4. The molecule has 0 bridgehead atoms. The molecule has 0 fully saturated rings. The quantitative estimate of drug-likeness (QED) is 0.787. The minimum Gasteiger partial charge on any atom is -0.314 e. The summed E-state index contributed by atoms with van der Waals surface area (Å²) in [5.41, 5.74) is 2.18. The van der Waals surface area contributed by atoms with Crippen molar-refractivity contribution in [2.45, 2.75) is 57.9 Å². The van der Waals surface area contributed by atoms with Crippen molar-refractivity contribution in [1.29, 1.82) is 5.41 Å². The van der Waals surface area contributed by atoms with Crippen molar-refractivity contribution in [2.24, 2.45) is 0 Å². The first-order valence-electron chi connectivity index (χ1n) is 7.43. The van der Waals surface area contributed by atoms with Crippen LogP contribution in [0.25, 0.3) is 10.2 Å². The Labute approximate surface area is 116 Å². The van der Waals surface area contributed by atoms with Crippen LogP contribution in [0, 0.1) is 5.41 Å². The second-order valence-electron chi connectivity index (χ2n) is 5.73. The summed E-state index contributed by atoms with van der Waals surface area (Å²) in [6.45, 7) is 0.988. The van der Waals surface area contributed by atoms with Crippen LogP contribution < -0.4 is 5.49 Å². The van der Waals surface area contributed by atoms with Crippen molar-refractivity contribution >= 4 is 21.6 Å². The molecule has 1 aliphatic heterocycles. The number of aromatic nitrogens is 2. The number of thiophene rings is 1. The Balaban J connectivity index is 2.02. The number of nitrogens with one attached hydrogen (secondary N) is 1. The molecule has 0 atom stereocenters. The van der Waals surface area contributed by atoms with Crippen molar-refractivity contribution < 1.29 is 0 Å². The number of hydrogen-bond donors (Lipinski definition) is 1. The molecular weight excluding hydrogens is 254 g/mol. The predicted octanol–water partition coefficient (Wildman–Crippen LogP) is 3.18. The van der Waals surface area contributed by atoms with E-state index in [1.807, 2.05) is 11.3 Å². The molecule has 19 heavy (non-hydrogen) atoms. The summed E-state index contributed by atoms with van der Waals surface area (Å²) in [7, 11) is 0. The van der Waals surface area contributed by atoms with Gasteiger partial charge in [0.1, 0.15) is 16.1 Å². The third-order valence-electron chi connectivity index (χ3n) is 4.48. The third kappa shape index (κ3) is 1.76. The SMILES string of the molecule is N=c1c2c3c(sc2nc2n1CCCCC2)CCCC3. The normalized spacial score (nSPS) is 18.9. The van der Waals surface area contributed by atoms with E-state index in [4.69, 9.17) is 10.4 Å². The summed E-state index contributed by atoms with van der Waals surface area (Å²) < 4.78 is 2.18. The van der Waals surface area contributed by atoms with Crippen LogP contribution in [0.3, 0.4) is 0 Å². The lowest BCUT2D eigenvalue weighted by atomic mass is 9.97. The Morgan fingerprint density at radius 1 is 1.00 bits per heavy atom. The standard InChI is InChI=1S/C15H19N3S/c16-14-13-10-6-3-4-7-11(10)19-15(13)17-12-8-2-1-5-9-18(12)14/h16H,1-9H2. The van der Waals surface area contributed by atoms with Gasteiger partial charge in [0.15, 0.2) is 0 Å². The van der Waals surface area contributed by atoms with Crippen LogP contribution in [0.4, 0.5) is 0 Å². The van der Waals surface area contributed by atoms with E-state index < -0.39 is 0 Å². The average Bonchev–Trinajstić information content (AvgIpc) is 2.62. The monoisotopic (exact) mass is 273 g/mol. The zero-order chi connectivity index (χ0) is 12.8. The van der Waals surface area contributed by atoms with E-state index in [0.29, 0.717) is 0 Å². The van der Waals surface area contributed by atoms with E-state index in [2.05, 4.69) is 4.57 Å². The molecule has 0 radical (unpaired) electrons. The number of aryl methyl sites for hydroxylation is 3. The zero-order valence-corrected chi connectivity index (χ0v) is 12.0. The maximum atomic E-state index is 8.60. The van der Waals surface area contributed by atoms with Crippen LogP contribution >= 0.6 is 11.3 Å². The molecular formula is C15H19N3S. The van der Waals surface area contributed by atoms with Gasteiger partial charge in [-0.1, -0.05) is 6.42 Å². The van der Waals surface area contributed by atoms with Gasteiger partial charge in [0, 0.05) is 17.8 Å². The molecule has 3 nitrogen and oxygen atoms in total. The van der Waals surface area contributed by atoms with Crippen molar-refractivity contribution in [1.82, 2.24) is 9.55 Å². The van der Waals surface area contributed by atoms with Gasteiger partial charge in [-0.2, -0.15) is 0 Å². The van der Waals surface area contributed by atoms with E-state index in [1.165, 1.54) is 54.4 Å². The number of hydrogen-bond acceptors (Lipinski definition) is 3. The molecule has 0 spiro atoms. The number of nitrogens with zero attached hydrogens (tertiary/aromatic N) is 2. The van der Waals surface area contributed by atoms with Crippen molar-refractivity contribution in [3.05, 3.63) is 21.8 Å². The summed E-state index contributed by atoms with van der Waals surface area (Å²) in [6, 6.07) is 0. The first kappa shape index (κ1) is 11.6.